The molecule has 0 aromatic rings. The zero-order chi connectivity index (χ0) is 14.0. The molecule has 0 radical (unpaired) electrons. The van der Waals surface area contributed by atoms with Crippen molar-refractivity contribution in [1.29, 1.82) is 0 Å². The monoisotopic (exact) mass is 312 g/mol. The first-order valence-electron chi connectivity index (χ1n) is 6.35. The third kappa shape index (κ3) is 7.13. The Morgan fingerprint density at radius 3 is 2.26 bits per heavy atom. The van der Waals surface area contributed by atoms with Gasteiger partial charge in [-0.05, 0) is 25.2 Å². The van der Waals surface area contributed by atoms with Gasteiger partial charge in [0.25, 0.3) is 0 Å². The average Bonchev–Trinajstić information content (AvgIpc) is 2.91. The number of rotatable bonds is 7. The van der Waals surface area contributed by atoms with Crippen LogP contribution >= 0.6 is 12.4 Å². The number of hydrogen-bond acceptors (Lipinski definition) is 4. The Morgan fingerprint density at radius 2 is 1.89 bits per heavy atom. The summed E-state index contributed by atoms with van der Waals surface area (Å²) in [4.78, 5) is 11.7. The molecule has 1 amide bonds. The van der Waals surface area contributed by atoms with Crippen molar-refractivity contribution in [1.82, 2.24) is 5.32 Å². The molecule has 0 bridgehead atoms. The number of amides is 1. The van der Waals surface area contributed by atoms with Gasteiger partial charge in [-0.15, -0.1) is 12.4 Å². The van der Waals surface area contributed by atoms with Crippen LogP contribution in [0.5, 0.6) is 0 Å². The number of nitrogens with one attached hydrogen (secondary N) is 1. The van der Waals surface area contributed by atoms with Gasteiger partial charge in [0, 0.05) is 18.2 Å². The van der Waals surface area contributed by atoms with Crippen molar-refractivity contribution in [2.45, 2.75) is 39.2 Å². The van der Waals surface area contributed by atoms with E-state index in [-0.39, 0.29) is 29.5 Å². The molecule has 1 aliphatic rings. The van der Waals surface area contributed by atoms with Gasteiger partial charge in [-0.2, -0.15) is 0 Å². The molecule has 0 aromatic carbocycles. The van der Waals surface area contributed by atoms with E-state index in [1.165, 1.54) is 6.26 Å². The summed E-state index contributed by atoms with van der Waals surface area (Å²) in [6.45, 7) is 4.45. The van der Waals surface area contributed by atoms with Crippen molar-refractivity contribution < 1.29 is 13.2 Å². The van der Waals surface area contributed by atoms with E-state index in [1.54, 1.807) is 0 Å². The topological polar surface area (TPSA) is 89.3 Å². The van der Waals surface area contributed by atoms with Crippen LogP contribution in [0.3, 0.4) is 0 Å². The lowest BCUT2D eigenvalue weighted by molar-refractivity contribution is -0.122. The normalized spacial score (nSPS) is 18.6. The molecule has 0 aliphatic heterocycles. The molecule has 114 valence electrons. The minimum atomic E-state index is -2.99. The SMILES string of the molecule is CC(C)C[C@H](N)C(=O)NCC1(CS(C)(=O)=O)CC1.Cl. The van der Waals surface area contributed by atoms with Crippen molar-refractivity contribution in [3.8, 4) is 0 Å². The molecule has 5 nitrogen and oxygen atoms in total. The molecule has 0 aromatic heterocycles. The second-order valence-electron chi connectivity index (χ2n) is 6.02. The smallest absolute Gasteiger partial charge is 0.236 e. The van der Waals surface area contributed by atoms with Gasteiger partial charge in [0.05, 0.1) is 11.8 Å². The van der Waals surface area contributed by atoms with Gasteiger partial charge >= 0.3 is 0 Å². The fourth-order valence-corrected chi connectivity index (χ4v) is 3.63. The van der Waals surface area contributed by atoms with Crippen molar-refractivity contribution in [2.24, 2.45) is 17.1 Å². The van der Waals surface area contributed by atoms with Crippen LogP contribution in [0.15, 0.2) is 0 Å². The Morgan fingerprint density at radius 1 is 1.37 bits per heavy atom. The molecule has 0 spiro atoms. The number of carbonyl (C=O) groups excluding carboxylic acids is 1. The van der Waals surface area contributed by atoms with Gasteiger partial charge in [0.1, 0.15) is 9.84 Å². The number of hydrogen-bond donors (Lipinski definition) is 2. The van der Waals surface area contributed by atoms with Gasteiger partial charge in [-0.25, -0.2) is 8.42 Å². The predicted octanol–water partition coefficient (Wildman–Crippen LogP) is 0.723. The second-order valence-corrected chi connectivity index (χ2v) is 8.16. The molecule has 0 saturated heterocycles. The highest BCUT2D eigenvalue weighted by molar-refractivity contribution is 7.90. The van der Waals surface area contributed by atoms with Crippen LogP contribution in [-0.2, 0) is 14.6 Å². The fraction of sp³-hybridized carbons (Fsp3) is 0.917. The van der Waals surface area contributed by atoms with Gasteiger partial charge in [-0.3, -0.25) is 4.79 Å². The standard InChI is InChI=1S/C12H24N2O3S.ClH/c1-9(2)6-10(13)11(15)14-7-12(4-5-12)8-18(3,16)17;/h9-10H,4-8,13H2,1-3H3,(H,14,15);1H/t10-;/m0./s1. The number of halogens is 1. The summed E-state index contributed by atoms with van der Waals surface area (Å²) in [5, 5.41) is 2.78. The minimum Gasteiger partial charge on any atom is -0.354 e. The van der Waals surface area contributed by atoms with Crippen molar-refractivity contribution in [2.75, 3.05) is 18.6 Å². The van der Waals surface area contributed by atoms with E-state index in [0.29, 0.717) is 18.9 Å². The second kappa shape index (κ2) is 6.90. The maximum Gasteiger partial charge on any atom is 0.236 e. The van der Waals surface area contributed by atoms with E-state index in [1.807, 2.05) is 13.8 Å². The first-order valence-corrected chi connectivity index (χ1v) is 8.41. The highest BCUT2D eigenvalue weighted by atomic mass is 35.5. The third-order valence-electron chi connectivity index (χ3n) is 3.23. The number of carbonyl (C=O) groups is 1. The van der Waals surface area contributed by atoms with Gasteiger partial charge in [0.15, 0.2) is 0 Å². The fourth-order valence-electron chi connectivity index (χ4n) is 2.13. The molecule has 1 rings (SSSR count). The Bertz CT molecular complexity index is 405. The molecule has 1 atom stereocenters. The van der Waals surface area contributed by atoms with Crippen molar-refractivity contribution >= 4 is 28.2 Å². The maximum atomic E-state index is 11.7. The van der Waals surface area contributed by atoms with Crippen LogP contribution < -0.4 is 11.1 Å². The Labute approximate surface area is 122 Å². The van der Waals surface area contributed by atoms with E-state index < -0.39 is 15.9 Å². The molecule has 3 N–H and O–H groups in total. The first kappa shape index (κ1) is 18.7. The van der Waals surface area contributed by atoms with Crippen LogP contribution in [-0.4, -0.2) is 38.9 Å². The molecular weight excluding hydrogens is 288 g/mol. The minimum absolute atomic E-state index is 0. The van der Waals surface area contributed by atoms with E-state index >= 15 is 0 Å². The molecule has 0 unspecified atom stereocenters. The number of nitrogens with two attached hydrogens (primary N) is 1. The highest BCUT2D eigenvalue weighted by Gasteiger charge is 2.45. The van der Waals surface area contributed by atoms with Crippen molar-refractivity contribution in [3.05, 3.63) is 0 Å². The zero-order valence-corrected chi connectivity index (χ0v) is 13.4. The largest absolute Gasteiger partial charge is 0.354 e. The molecule has 1 fully saturated rings. The zero-order valence-electron chi connectivity index (χ0n) is 11.8. The lowest BCUT2D eigenvalue weighted by Crippen LogP contribution is -2.44. The van der Waals surface area contributed by atoms with Gasteiger partial charge in [-0.1, -0.05) is 13.8 Å². The van der Waals surface area contributed by atoms with Crippen molar-refractivity contribution in [3.63, 3.8) is 0 Å². The summed E-state index contributed by atoms with van der Waals surface area (Å²) in [6.07, 6.45) is 3.60. The van der Waals surface area contributed by atoms with Crippen LogP contribution in [0.1, 0.15) is 33.1 Å². The van der Waals surface area contributed by atoms with Gasteiger partial charge < -0.3 is 11.1 Å². The molecule has 7 heteroatoms. The Hall–Kier alpha value is -0.330. The van der Waals surface area contributed by atoms with E-state index in [4.69, 9.17) is 5.73 Å². The summed E-state index contributed by atoms with van der Waals surface area (Å²) in [6, 6.07) is -0.501. The summed E-state index contributed by atoms with van der Waals surface area (Å²) >= 11 is 0. The molecule has 1 aliphatic carbocycles. The average molecular weight is 313 g/mol. The van der Waals surface area contributed by atoms with Crippen LogP contribution in [0.2, 0.25) is 0 Å². The summed E-state index contributed by atoms with van der Waals surface area (Å²) in [5.74, 6) is 0.347. The molecule has 0 heterocycles. The lowest BCUT2D eigenvalue weighted by atomic mass is 10.0. The molecule has 1 saturated carbocycles. The number of sulfone groups is 1. The predicted molar refractivity (Wildman–Crippen MR) is 79.1 cm³/mol. The quantitative estimate of drug-likeness (QED) is 0.725. The van der Waals surface area contributed by atoms with E-state index in [2.05, 4.69) is 5.32 Å². The molecular formula is C12H25ClN2O3S. The van der Waals surface area contributed by atoms with E-state index in [0.717, 1.165) is 12.8 Å². The van der Waals surface area contributed by atoms with E-state index in [9.17, 15) is 13.2 Å². The molecule has 19 heavy (non-hydrogen) atoms. The van der Waals surface area contributed by atoms with Crippen LogP contribution in [0, 0.1) is 11.3 Å². The highest BCUT2D eigenvalue weighted by Crippen LogP contribution is 2.46. The van der Waals surface area contributed by atoms with Crippen LogP contribution in [0.4, 0.5) is 0 Å². The Kier molecular flexibility index (Phi) is 6.78. The third-order valence-corrected chi connectivity index (χ3v) is 4.36. The summed E-state index contributed by atoms with van der Waals surface area (Å²) in [7, 11) is -2.99. The maximum absolute atomic E-state index is 11.7. The van der Waals surface area contributed by atoms with Crippen LogP contribution in [0.25, 0.3) is 0 Å². The lowest BCUT2D eigenvalue weighted by Gasteiger charge is -2.18. The summed E-state index contributed by atoms with van der Waals surface area (Å²) < 4.78 is 22.5. The van der Waals surface area contributed by atoms with Gasteiger partial charge in [0.2, 0.25) is 5.91 Å². The Balaban J connectivity index is 0.00000324. The summed E-state index contributed by atoms with van der Waals surface area (Å²) in [5.41, 5.74) is 5.53. The first-order chi connectivity index (χ1) is 8.14.